The first-order chi connectivity index (χ1) is 15.1. The summed E-state index contributed by atoms with van der Waals surface area (Å²) in [5.74, 6) is 0.944. The number of carbonyl (C=O) groups excluding carboxylic acids is 1. The van der Waals surface area contributed by atoms with Crippen LogP contribution < -0.4 is 20.3 Å². The number of anilines is 2. The lowest BCUT2D eigenvalue weighted by molar-refractivity contribution is 0.243. The molecule has 0 unspecified atom stereocenters. The fourth-order valence-corrected chi connectivity index (χ4v) is 4.10. The number of halogens is 1. The second-order valence-corrected chi connectivity index (χ2v) is 7.97. The van der Waals surface area contributed by atoms with Gasteiger partial charge in [0.1, 0.15) is 5.75 Å². The highest BCUT2D eigenvalue weighted by Gasteiger charge is 2.32. The van der Waals surface area contributed by atoms with Crippen LogP contribution in [0, 0.1) is 0 Å². The van der Waals surface area contributed by atoms with Crippen molar-refractivity contribution in [3.05, 3.63) is 83.6 Å². The molecule has 1 aliphatic heterocycles. The van der Waals surface area contributed by atoms with Gasteiger partial charge in [-0.25, -0.2) is 4.79 Å². The minimum Gasteiger partial charge on any atom is -0.497 e. The van der Waals surface area contributed by atoms with Crippen molar-refractivity contribution in [1.29, 1.82) is 0 Å². The molecule has 0 radical (unpaired) electrons. The van der Waals surface area contributed by atoms with Gasteiger partial charge < -0.3 is 20.3 Å². The van der Waals surface area contributed by atoms with Crippen LogP contribution in [0.15, 0.2) is 73.1 Å². The predicted molar refractivity (Wildman–Crippen MR) is 124 cm³/mol. The number of aromatic nitrogens is 1. The standard InChI is InChI=1S/C24H25ClN4O2/c1-31-21-8-2-17(3-9-21)22-16-29(20-10-13-26-14-11-20)15-12-23(22)28-24(30)27-19-6-4-18(25)5-7-19/h2-11,13-14,22-23H,12,15-16H2,1H3,(H2,27,28,30)/t22-,23+/m0/s1. The molecule has 1 saturated heterocycles. The van der Waals surface area contributed by atoms with Crippen molar-refractivity contribution < 1.29 is 9.53 Å². The second kappa shape index (κ2) is 9.71. The minimum absolute atomic E-state index is 0.00113. The molecule has 0 saturated carbocycles. The van der Waals surface area contributed by atoms with Gasteiger partial charge in [-0.1, -0.05) is 23.7 Å². The Bertz CT molecular complexity index is 996. The van der Waals surface area contributed by atoms with Crippen LogP contribution in [0.3, 0.4) is 0 Å². The molecule has 3 aromatic rings. The van der Waals surface area contributed by atoms with Crippen molar-refractivity contribution in [3.8, 4) is 5.75 Å². The minimum atomic E-state index is -0.219. The zero-order valence-electron chi connectivity index (χ0n) is 17.3. The monoisotopic (exact) mass is 436 g/mol. The average molecular weight is 437 g/mol. The molecule has 2 atom stereocenters. The molecule has 2 heterocycles. The van der Waals surface area contributed by atoms with Gasteiger partial charge in [0, 0.05) is 53.8 Å². The second-order valence-electron chi connectivity index (χ2n) is 7.53. The molecule has 1 aromatic heterocycles. The third-order valence-electron chi connectivity index (χ3n) is 5.60. The summed E-state index contributed by atoms with van der Waals surface area (Å²) in [6, 6.07) is 19.0. The molecule has 160 valence electrons. The highest BCUT2D eigenvalue weighted by atomic mass is 35.5. The van der Waals surface area contributed by atoms with E-state index in [1.54, 1.807) is 31.4 Å². The van der Waals surface area contributed by atoms with Crippen molar-refractivity contribution in [2.45, 2.75) is 18.4 Å². The van der Waals surface area contributed by atoms with Gasteiger partial charge >= 0.3 is 6.03 Å². The van der Waals surface area contributed by atoms with Gasteiger partial charge in [0.25, 0.3) is 0 Å². The van der Waals surface area contributed by atoms with Crippen LogP contribution in [-0.2, 0) is 0 Å². The maximum atomic E-state index is 12.7. The Morgan fingerprint density at radius 3 is 2.45 bits per heavy atom. The Balaban J connectivity index is 1.51. The number of benzene rings is 2. The molecule has 31 heavy (non-hydrogen) atoms. The zero-order chi connectivity index (χ0) is 21.6. The molecule has 0 spiro atoms. The smallest absolute Gasteiger partial charge is 0.319 e. The summed E-state index contributed by atoms with van der Waals surface area (Å²) in [5, 5.41) is 6.71. The molecule has 0 aliphatic carbocycles. The number of piperidine rings is 1. The van der Waals surface area contributed by atoms with E-state index in [-0.39, 0.29) is 18.0 Å². The van der Waals surface area contributed by atoms with Crippen LogP contribution in [0.25, 0.3) is 0 Å². The number of urea groups is 1. The highest BCUT2D eigenvalue weighted by molar-refractivity contribution is 6.30. The molecule has 6 nitrogen and oxygen atoms in total. The number of hydrogen-bond acceptors (Lipinski definition) is 4. The van der Waals surface area contributed by atoms with Crippen molar-refractivity contribution in [2.24, 2.45) is 0 Å². The Labute approximate surface area is 187 Å². The normalized spacial score (nSPS) is 18.3. The number of nitrogens with zero attached hydrogens (tertiary/aromatic N) is 2. The number of pyridine rings is 1. The van der Waals surface area contributed by atoms with Crippen LogP contribution in [0.2, 0.25) is 5.02 Å². The van der Waals surface area contributed by atoms with Gasteiger partial charge in [0.15, 0.2) is 0 Å². The number of rotatable bonds is 5. The molecule has 0 bridgehead atoms. The van der Waals surface area contributed by atoms with Gasteiger partial charge in [-0.3, -0.25) is 4.98 Å². The number of hydrogen-bond donors (Lipinski definition) is 2. The van der Waals surface area contributed by atoms with Crippen molar-refractivity contribution >= 4 is 29.0 Å². The van der Waals surface area contributed by atoms with Crippen LogP contribution in [-0.4, -0.2) is 37.3 Å². The van der Waals surface area contributed by atoms with Crippen LogP contribution in [0.4, 0.5) is 16.2 Å². The molecular formula is C24H25ClN4O2. The summed E-state index contributed by atoms with van der Waals surface area (Å²) in [5.41, 5.74) is 3.01. The lowest BCUT2D eigenvalue weighted by atomic mass is 9.85. The van der Waals surface area contributed by atoms with Crippen LogP contribution in [0.5, 0.6) is 5.75 Å². The van der Waals surface area contributed by atoms with E-state index >= 15 is 0 Å². The number of ether oxygens (including phenoxy) is 1. The van der Waals surface area contributed by atoms with E-state index in [1.165, 1.54) is 0 Å². The summed E-state index contributed by atoms with van der Waals surface area (Å²) in [4.78, 5) is 19.2. The van der Waals surface area contributed by atoms with E-state index in [9.17, 15) is 4.79 Å². The Morgan fingerprint density at radius 2 is 1.77 bits per heavy atom. The number of carbonyl (C=O) groups is 1. The molecule has 1 aliphatic rings. The van der Waals surface area contributed by atoms with Crippen molar-refractivity contribution in [3.63, 3.8) is 0 Å². The van der Waals surface area contributed by atoms with E-state index in [0.29, 0.717) is 10.7 Å². The Morgan fingerprint density at radius 1 is 1.06 bits per heavy atom. The molecule has 7 heteroatoms. The molecule has 4 rings (SSSR count). The summed E-state index contributed by atoms with van der Waals surface area (Å²) in [7, 11) is 1.66. The number of methoxy groups -OCH3 is 1. The van der Waals surface area contributed by atoms with E-state index in [4.69, 9.17) is 16.3 Å². The molecule has 2 aromatic carbocycles. The van der Waals surface area contributed by atoms with Gasteiger partial charge in [0.05, 0.1) is 7.11 Å². The molecule has 2 amide bonds. The third-order valence-corrected chi connectivity index (χ3v) is 5.86. The first-order valence-electron chi connectivity index (χ1n) is 10.2. The number of nitrogens with one attached hydrogen (secondary N) is 2. The first kappa shape index (κ1) is 21.0. The van der Waals surface area contributed by atoms with Gasteiger partial charge in [0.2, 0.25) is 0 Å². The van der Waals surface area contributed by atoms with Crippen molar-refractivity contribution in [2.75, 3.05) is 30.4 Å². The lowest BCUT2D eigenvalue weighted by Crippen LogP contribution is -2.50. The van der Waals surface area contributed by atoms with Gasteiger partial charge in [-0.15, -0.1) is 0 Å². The maximum Gasteiger partial charge on any atom is 0.319 e. The fourth-order valence-electron chi connectivity index (χ4n) is 3.97. The number of amides is 2. The first-order valence-corrected chi connectivity index (χ1v) is 10.6. The Kier molecular flexibility index (Phi) is 6.57. The summed E-state index contributed by atoms with van der Waals surface area (Å²) in [6.45, 7) is 1.64. The fraction of sp³-hybridized carbons (Fsp3) is 0.250. The topological polar surface area (TPSA) is 66.5 Å². The van der Waals surface area contributed by atoms with E-state index in [0.717, 1.165) is 36.5 Å². The van der Waals surface area contributed by atoms with Crippen LogP contribution >= 0.6 is 11.6 Å². The third kappa shape index (κ3) is 5.27. The van der Waals surface area contributed by atoms with Crippen LogP contribution in [0.1, 0.15) is 17.9 Å². The largest absolute Gasteiger partial charge is 0.497 e. The molecular weight excluding hydrogens is 412 g/mol. The van der Waals surface area contributed by atoms with E-state index in [1.807, 2.05) is 36.7 Å². The molecule has 1 fully saturated rings. The summed E-state index contributed by atoms with van der Waals surface area (Å²) >= 11 is 5.93. The maximum absolute atomic E-state index is 12.7. The summed E-state index contributed by atoms with van der Waals surface area (Å²) < 4.78 is 5.31. The molecule has 2 N–H and O–H groups in total. The lowest BCUT2D eigenvalue weighted by Gasteiger charge is -2.40. The Hall–Kier alpha value is -3.25. The van der Waals surface area contributed by atoms with Gasteiger partial charge in [-0.2, -0.15) is 0 Å². The quantitative estimate of drug-likeness (QED) is 0.595. The van der Waals surface area contributed by atoms with E-state index in [2.05, 4.69) is 32.7 Å². The predicted octanol–water partition coefficient (Wildman–Crippen LogP) is 4.93. The SMILES string of the molecule is COc1ccc([C@@H]2CN(c3ccncc3)CC[C@H]2NC(=O)Nc2ccc(Cl)cc2)cc1. The average Bonchev–Trinajstić information content (AvgIpc) is 2.81. The van der Waals surface area contributed by atoms with Crippen molar-refractivity contribution in [1.82, 2.24) is 10.3 Å². The van der Waals surface area contributed by atoms with E-state index < -0.39 is 0 Å². The highest BCUT2D eigenvalue weighted by Crippen LogP contribution is 2.31. The zero-order valence-corrected chi connectivity index (χ0v) is 18.0. The van der Waals surface area contributed by atoms with Gasteiger partial charge in [-0.05, 0) is 60.5 Å². The summed E-state index contributed by atoms with van der Waals surface area (Å²) in [6.07, 6.45) is 4.44.